The van der Waals surface area contributed by atoms with Crippen molar-refractivity contribution in [3.63, 3.8) is 0 Å². The number of amides is 3. The number of anilines is 2. The summed E-state index contributed by atoms with van der Waals surface area (Å²) in [7, 11) is 0. The summed E-state index contributed by atoms with van der Waals surface area (Å²) in [5, 5.41) is 8.42. The van der Waals surface area contributed by atoms with Gasteiger partial charge in [-0.3, -0.25) is 4.79 Å². The topological polar surface area (TPSA) is 79.5 Å². The molecule has 7 heteroatoms. The van der Waals surface area contributed by atoms with Gasteiger partial charge in [-0.1, -0.05) is 12.1 Å². The van der Waals surface area contributed by atoms with Crippen LogP contribution >= 0.6 is 22.6 Å². The van der Waals surface area contributed by atoms with Crippen LogP contribution in [0.25, 0.3) is 0 Å². The SMILES string of the molecule is O=C(NCC1CCCO1)Nc1ccc(NC(=O)c2ccccc2I)cc1. The van der Waals surface area contributed by atoms with Gasteiger partial charge in [0.1, 0.15) is 0 Å². The number of rotatable bonds is 5. The molecule has 1 heterocycles. The zero-order valence-electron chi connectivity index (χ0n) is 14.1. The molecule has 1 saturated heterocycles. The molecule has 0 spiro atoms. The number of ether oxygens (including phenoxy) is 1. The van der Waals surface area contributed by atoms with Crippen molar-refractivity contribution in [2.75, 3.05) is 23.8 Å². The van der Waals surface area contributed by atoms with Crippen LogP contribution in [0.5, 0.6) is 0 Å². The van der Waals surface area contributed by atoms with Crippen LogP contribution in [-0.2, 0) is 4.74 Å². The Kier molecular flexibility index (Phi) is 6.45. The fourth-order valence-corrected chi connectivity index (χ4v) is 3.30. The maximum absolute atomic E-state index is 12.3. The number of nitrogens with one attached hydrogen (secondary N) is 3. The Bertz CT molecular complexity index is 774. The Morgan fingerprint density at radius 1 is 1.04 bits per heavy atom. The molecule has 1 unspecified atom stereocenters. The smallest absolute Gasteiger partial charge is 0.319 e. The minimum Gasteiger partial charge on any atom is -0.376 e. The second-order valence-electron chi connectivity index (χ2n) is 5.98. The van der Waals surface area contributed by atoms with Gasteiger partial charge in [-0.05, 0) is 71.8 Å². The van der Waals surface area contributed by atoms with E-state index in [0.717, 1.165) is 23.0 Å². The highest BCUT2D eigenvalue weighted by Crippen LogP contribution is 2.17. The Morgan fingerprint density at radius 2 is 1.73 bits per heavy atom. The van der Waals surface area contributed by atoms with Crippen molar-refractivity contribution >= 4 is 45.9 Å². The third kappa shape index (κ3) is 5.18. The molecule has 3 amide bonds. The van der Waals surface area contributed by atoms with E-state index in [2.05, 4.69) is 38.5 Å². The van der Waals surface area contributed by atoms with Gasteiger partial charge in [-0.15, -0.1) is 0 Å². The average Bonchev–Trinajstić information content (AvgIpc) is 3.15. The summed E-state index contributed by atoms with van der Waals surface area (Å²) in [4.78, 5) is 24.2. The number of halogens is 1. The van der Waals surface area contributed by atoms with Gasteiger partial charge in [0, 0.05) is 28.1 Å². The Labute approximate surface area is 165 Å². The second kappa shape index (κ2) is 9.00. The predicted molar refractivity (Wildman–Crippen MR) is 110 cm³/mol. The zero-order valence-corrected chi connectivity index (χ0v) is 16.3. The van der Waals surface area contributed by atoms with E-state index in [0.29, 0.717) is 23.5 Å². The maximum atomic E-state index is 12.3. The maximum Gasteiger partial charge on any atom is 0.319 e. The molecule has 0 radical (unpaired) electrons. The van der Waals surface area contributed by atoms with Crippen molar-refractivity contribution in [2.24, 2.45) is 0 Å². The standard InChI is InChI=1S/C19H20IN3O3/c20-17-6-2-1-5-16(17)18(24)22-13-7-9-14(10-8-13)23-19(25)21-12-15-4-3-11-26-15/h1-2,5-10,15H,3-4,11-12H2,(H,22,24)(H2,21,23,25). The molecular weight excluding hydrogens is 445 g/mol. The predicted octanol–water partition coefficient (Wildman–Crippen LogP) is 3.84. The van der Waals surface area contributed by atoms with Gasteiger partial charge in [0.2, 0.25) is 0 Å². The van der Waals surface area contributed by atoms with Crippen LogP contribution in [0.2, 0.25) is 0 Å². The average molecular weight is 465 g/mol. The lowest BCUT2D eigenvalue weighted by Gasteiger charge is -2.12. The number of carbonyl (C=O) groups excluding carboxylic acids is 2. The van der Waals surface area contributed by atoms with E-state index in [-0.39, 0.29) is 18.0 Å². The Hall–Kier alpha value is -2.13. The normalized spacial score (nSPS) is 16.1. The molecule has 2 aromatic rings. The summed E-state index contributed by atoms with van der Waals surface area (Å²) in [6.07, 6.45) is 2.14. The van der Waals surface area contributed by atoms with Crippen molar-refractivity contribution in [2.45, 2.75) is 18.9 Å². The molecule has 1 aliphatic rings. The number of urea groups is 1. The number of hydrogen-bond acceptors (Lipinski definition) is 3. The van der Waals surface area contributed by atoms with E-state index in [1.165, 1.54) is 0 Å². The fraction of sp³-hybridized carbons (Fsp3) is 0.263. The molecule has 0 aromatic heterocycles. The molecule has 1 atom stereocenters. The first-order chi connectivity index (χ1) is 12.6. The highest BCUT2D eigenvalue weighted by Gasteiger charge is 2.16. The molecule has 3 N–H and O–H groups in total. The van der Waals surface area contributed by atoms with Crippen molar-refractivity contribution < 1.29 is 14.3 Å². The highest BCUT2D eigenvalue weighted by atomic mass is 127. The Morgan fingerprint density at radius 3 is 2.38 bits per heavy atom. The molecule has 3 rings (SSSR count). The molecule has 2 aromatic carbocycles. The van der Waals surface area contributed by atoms with E-state index in [1.807, 2.05) is 18.2 Å². The quantitative estimate of drug-likeness (QED) is 0.588. The third-order valence-electron chi connectivity index (χ3n) is 4.03. The molecule has 136 valence electrons. The monoisotopic (exact) mass is 465 g/mol. The van der Waals surface area contributed by atoms with Crippen molar-refractivity contribution in [3.05, 3.63) is 57.7 Å². The van der Waals surface area contributed by atoms with Gasteiger partial charge in [0.05, 0.1) is 11.7 Å². The van der Waals surface area contributed by atoms with Crippen LogP contribution in [0.15, 0.2) is 48.5 Å². The molecule has 1 aliphatic heterocycles. The lowest BCUT2D eigenvalue weighted by Crippen LogP contribution is -2.35. The van der Waals surface area contributed by atoms with Gasteiger partial charge in [0.15, 0.2) is 0 Å². The van der Waals surface area contributed by atoms with Crippen LogP contribution in [0.4, 0.5) is 16.2 Å². The van der Waals surface area contributed by atoms with Crippen molar-refractivity contribution in [1.29, 1.82) is 0 Å². The first-order valence-corrected chi connectivity index (χ1v) is 9.52. The summed E-state index contributed by atoms with van der Waals surface area (Å²) in [5.41, 5.74) is 1.95. The largest absolute Gasteiger partial charge is 0.376 e. The first-order valence-electron chi connectivity index (χ1n) is 8.44. The summed E-state index contributed by atoms with van der Waals surface area (Å²) >= 11 is 2.13. The molecular formula is C19H20IN3O3. The summed E-state index contributed by atoms with van der Waals surface area (Å²) in [6, 6.07) is 14.1. The van der Waals surface area contributed by atoms with E-state index < -0.39 is 0 Å². The van der Waals surface area contributed by atoms with Gasteiger partial charge < -0.3 is 20.7 Å². The summed E-state index contributed by atoms with van der Waals surface area (Å²) in [5.74, 6) is -0.162. The van der Waals surface area contributed by atoms with Gasteiger partial charge in [-0.2, -0.15) is 0 Å². The van der Waals surface area contributed by atoms with Gasteiger partial charge in [0.25, 0.3) is 5.91 Å². The van der Waals surface area contributed by atoms with Crippen molar-refractivity contribution in [1.82, 2.24) is 5.32 Å². The molecule has 6 nitrogen and oxygen atoms in total. The zero-order chi connectivity index (χ0) is 18.4. The third-order valence-corrected chi connectivity index (χ3v) is 4.97. The molecule has 0 bridgehead atoms. The van der Waals surface area contributed by atoms with E-state index >= 15 is 0 Å². The summed E-state index contributed by atoms with van der Waals surface area (Å²) in [6.45, 7) is 1.28. The number of hydrogen-bond donors (Lipinski definition) is 3. The summed E-state index contributed by atoms with van der Waals surface area (Å²) < 4.78 is 6.36. The van der Waals surface area contributed by atoms with Crippen LogP contribution in [-0.4, -0.2) is 31.2 Å². The van der Waals surface area contributed by atoms with E-state index in [1.54, 1.807) is 30.3 Å². The van der Waals surface area contributed by atoms with E-state index in [4.69, 9.17) is 4.74 Å². The van der Waals surface area contributed by atoms with Gasteiger partial charge >= 0.3 is 6.03 Å². The fourth-order valence-electron chi connectivity index (χ4n) is 2.67. The minimum absolute atomic E-state index is 0.110. The lowest BCUT2D eigenvalue weighted by molar-refractivity contribution is 0.102. The molecule has 26 heavy (non-hydrogen) atoms. The van der Waals surface area contributed by atoms with Crippen LogP contribution in [0, 0.1) is 3.57 Å². The molecule has 1 fully saturated rings. The molecule has 0 saturated carbocycles. The van der Waals surface area contributed by atoms with Crippen LogP contribution in [0.3, 0.4) is 0 Å². The Balaban J connectivity index is 1.50. The number of benzene rings is 2. The minimum atomic E-state index is -0.267. The van der Waals surface area contributed by atoms with Crippen LogP contribution in [0.1, 0.15) is 23.2 Å². The first kappa shape index (κ1) is 18.7. The highest BCUT2D eigenvalue weighted by molar-refractivity contribution is 14.1. The molecule has 0 aliphatic carbocycles. The van der Waals surface area contributed by atoms with Gasteiger partial charge in [-0.25, -0.2) is 4.79 Å². The number of carbonyl (C=O) groups is 2. The van der Waals surface area contributed by atoms with E-state index in [9.17, 15) is 9.59 Å². The van der Waals surface area contributed by atoms with Crippen molar-refractivity contribution in [3.8, 4) is 0 Å². The second-order valence-corrected chi connectivity index (χ2v) is 7.14. The van der Waals surface area contributed by atoms with Crippen LogP contribution < -0.4 is 16.0 Å². The lowest BCUT2D eigenvalue weighted by atomic mass is 10.2.